The van der Waals surface area contributed by atoms with E-state index in [1.165, 1.54) is 20.8 Å². The van der Waals surface area contributed by atoms with Crippen LogP contribution in [0.2, 0.25) is 5.02 Å². The Labute approximate surface area is 235 Å². The van der Waals surface area contributed by atoms with Gasteiger partial charge in [0.15, 0.2) is 18.3 Å². The molecule has 0 radical (unpaired) electrons. The highest BCUT2D eigenvalue weighted by Crippen LogP contribution is 2.40. The van der Waals surface area contributed by atoms with Gasteiger partial charge < -0.3 is 18.9 Å². The van der Waals surface area contributed by atoms with Crippen LogP contribution >= 0.6 is 22.9 Å². The zero-order valence-corrected chi connectivity index (χ0v) is 23.5. The van der Waals surface area contributed by atoms with Crippen LogP contribution in [0.1, 0.15) is 56.2 Å². The predicted molar refractivity (Wildman–Crippen MR) is 144 cm³/mol. The van der Waals surface area contributed by atoms with Crippen molar-refractivity contribution in [1.29, 1.82) is 0 Å². The Morgan fingerprint density at radius 1 is 0.949 bits per heavy atom. The Bertz CT molecular complexity index is 1330. The number of aromatic nitrogens is 2. The van der Waals surface area contributed by atoms with Crippen LogP contribution in [0.4, 0.5) is 0 Å². The molecule has 0 aliphatic carbocycles. The SMILES string of the molecule is CC[C@H]1O[C@@H](c2ccc(Cl)c(Cc3ccc(-c4cnccn4)s3)c2)[C@H](OC(C)=O)[C@@H](OC(C)=O)[C@@H]1OC(C)=O. The molecule has 0 saturated carbocycles. The summed E-state index contributed by atoms with van der Waals surface area (Å²) in [6, 6.07) is 9.46. The number of esters is 3. The molecule has 0 N–H and O–H groups in total. The molecular weight excluding hydrogens is 544 g/mol. The van der Waals surface area contributed by atoms with E-state index in [2.05, 4.69) is 9.97 Å². The minimum Gasteiger partial charge on any atom is -0.456 e. The summed E-state index contributed by atoms with van der Waals surface area (Å²) in [5.74, 6) is -1.75. The molecule has 1 aliphatic rings. The van der Waals surface area contributed by atoms with Crippen molar-refractivity contribution in [2.45, 2.75) is 71.1 Å². The molecule has 1 saturated heterocycles. The first-order valence-corrected chi connectivity index (χ1v) is 13.7. The summed E-state index contributed by atoms with van der Waals surface area (Å²) in [5.41, 5.74) is 2.31. The third kappa shape index (κ3) is 7.00. The summed E-state index contributed by atoms with van der Waals surface area (Å²) in [6.45, 7) is 5.63. The van der Waals surface area contributed by atoms with Gasteiger partial charge in [-0.3, -0.25) is 24.4 Å². The van der Waals surface area contributed by atoms with Crippen molar-refractivity contribution >= 4 is 40.8 Å². The summed E-state index contributed by atoms with van der Waals surface area (Å²) in [5, 5.41) is 0.564. The van der Waals surface area contributed by atoms with Crippen LogP contribution in [0.25, 0.3) is 10.6 Å². The van der Waals surface area contributed by atoms with Crippen molar-refractivity contribution in [3.05, 3.63) is 69.9 Å². The quantitative estimate of drug-likeness (QED) is 0.269. The third-order valence-corrected chi connectivity index (χ3v) is 7.66. The molecule has 3 heterocycles. The van der Waals surface area contributed by atoms with Crippen molar-refractivity contribution in [3.63, 3.8) is 0 Å². The number of nitrogens with zero attached hydrogens (tertiary/aromatic N) is 2. The minimum absolute atomic E-state index is 0.458. The number of hydrogen-bond donors (Lipinski definition) is 0. The largest absolute Gasteiger partial charge is 0.456 e. The first kappa shape index (κ1) is 28.7. The van der Waals surface area contributed by atoms with Gasteiger partial charge in [-0.1, -0.05) is 30.7 Å². The normalized spacial score (nSPS) is 22.6. The highest BCUT2D eigenvalue weighted by Gasteiger charge is 2.51. The topological polar surface area (TPSA) is 114 Å². The number of ether oxygens (including phenoxy) is 4. The first-order valence-electron chi connectivity index (χ1n) is 12.5. The van der Waals surface area contributed by atoms with Crippen molar-refractivity contribution in [3.8, 4) is 10.6 Å². The molecule has 206 valence electrons. The lowest BCUT2D eigenvalue weighted by molar-refractivity contribution is -0.249. The van der Waals surface area contributed by atoms with Gasteiger partial charge in [0.2, 0.25) is 0 Å². The Kier molecular flexibility index (Phi) is 9.32. The van der Waals surface area contributed by atoms with Crippen LogP contribution in [0.5, 0.6) is 0 Å². The Hall–Kier alpha value is -3.34. The van der Waals surface area contributed by atoms with Crippen LogP contribution in [0.15, 0.2) is 48.9 Å². The van der Waals surface area contributed by atoms with E-state index in [1.807, 2.05) is 25.1 Å². The van der Waals surface area contributed by atoms with Gasteiger partial charge in [0.05, 0.1) is 22.9 Å². The molecule has 2 aromatic heterocycles. The van der Waals surface area contributed by atoms with Crippen LogP contribution in [-0.2, 0) is 39.8 Å². The lowest BCUT2D eigenvalue weighted by Crippen LogP contribution is -2.58. The maximum absolute atomic E-state index is 12.1. The average molecular weight is 573 g/mol. The van der Waals surface area contributed by atoms with Gasteiger partial charge >= 0.3 is 17.9 Å². The average Bonchev–Trinajstić information content (AvgIpc) is 3.36. The van der Waals surface area contributed by atoms with Gasteiger partial charge in [-0.05, 0) is 35.7 Å². The fraction of sp³-hybridized carbons (Fsp3) is 0.393. The number of halogens is 1. The van der Waals surface area contributed by atoms with Crippen molar-refractivity contribution < 1.29 is 33.3 Å². The second-order valence-electron chi connectivity index (χ2n) is 9.11. The van der Waals surface area contributed by atoms with Gasteiger partial charge in [0, 0.05) is 49.5 Å². The number of benzene rings is 1. The molecule has 39 heavy (non-hydrogen) atoms. The van der Waals surface area contributed by atoms with E-state index in [4.69, 9.17) is 30.5 Å². The van der Waals surface area contributed by atoms with Crippen molar-refractivity contribution in [1.82, 2.24) is 9.97 Å². The Morgan fingerprint density at radius 2 is 1.64 bits per heavy atom. The van der Waals surface area contributed by atoms with Crippen molar-refractivity contribution in [2.24, 2.45) is 0 Å². The van der Waals surface area contributed by atoms with E-state index in [0.29, 0.717) is 23.4 Å². The lowest BCUT2D eigenvalue weighted by Gasteiger charge is -2.44. The van der Waals surface area contributed by atoms with Gasteiger partial charge in [-0.25, -0.2) is 0 Å². The van der Waals surface area contributed by atoms with E-state index in [0.717, 1.165) is 21.0 Å². The van der Waals surface area contributed by atoms with E-state index in [-0.39, 0.29) is 0 Å². The second-order valence-corrected chi connectivity index (χ2v) is 10.7. The molecule has 9 nitrogen and oxygen atoms in total. The fourth-order valence-electron chi connectivity index (χ4n) is 4.62. The van der Waals surface area contributed by atoms with Crippen LogP contribution in [0.3, 0.4) is 0 Å². The molecule has 11 heteroatoms. The van der Waals surface area contributed by atoms with E-state index < -0.39 is 48.4 Å². The van der Waals surface area contributed by atoms with Gasteiger partial charge in [-0.15, -0.1) is 11.3 Å². The lowest BCUT2D eigenvalue weighted by atomic mass is 9.88. The summed E-state index contributed by atoms with van der Waals surface area (Å²) >= 11 is 8.18. The van der Waals surface area contributed by atoms with E-state index in [9.17, 15) is 14.4 Å². The molecule has 5 atom stereocenters. The maximum Gasteiger partial charge on any atom is 0.303 e. The van der Waals surface area contributed by atoms with Gasteiger partial charge in [0.1, 0.15) is 6.10 Å². The summed E-state index contributed by atoms with van der Waals surface area (Å²) in [6.07, 6.45) is 1.51. The third-order valence-electron chi connectivity index (χ3n) is 6.18. The number of carbonyl (C=O) groups excluding carboxylic acids is 3. The molecule has 0 bridgehead atoms. The zero-order chi connectivity index (χ0) is 28.1. The molecule has 0 unspecified atom stereocenters. The molecule has 1 fully saturated rings. The molecular formula is C28H29ClN2O7S. The summed E-state index contributed by atoms with van der Waals surface area (Å²) in [7, 11) is 0. The summed E-state index contributed by atoms with van der Waals surface area (Å²) in [4.78, 5) is 46.6. The first-order chi connectivity index (χ1) is 18.7. The molecule has 0 spiro atoms. The van der Waals surface area contributed by atoms with E-state index >= 15 is 0 Å². The standard InChI is InChI=1S/C28H29ClN2O7S/c1-5-23-26(35-15(2)32)28(37-17(4)34)27(36-16(3)33)25(38-23)18-6-8-21(29)19(12-18)13-20-7-9-24(39-20)22-14-30-10-11-31-22/h6-12,14,23,25-28H,5,13H2,1-4H3/t23-,25+,26-,27+,28+/m1/s1. The van der Waals surface area contributed by atoms with Crippen molar-refractivity contribution in [2.75, 3.05) is 0 Å². The molecule has 1 aromatic carbocycles. The number of carbonyl (C=O) groups is 3. The Balaban J connectivity index is 1.68. The highest BCUT2D eigenvalue weighted by atomic mass is 35.5. The summed E-state index contributed by atoms with van der Waals surface area (Å²) < 4.78 is 23.1. The molecule has 0 amide bonds. The maximum atomic E-state index is 12.1. The second kappa shape index (κ2) is 12.7. The monoisotopic (exact) mass is 572 g/mol. The predicted octanol–water partition coefficient (Wildman–Crippen LogP) is 5.09. The molecule has 3 aromatic rings. The smallest absolute Gasteiger partial charge is 0.303 e. The Morgan fingerprint density at radius 3 is 2.28 bits per heavy atom. The van der Waals surface area contributed by atoms with Crippen LogP contribution in [-0.4, -0.2) is 52.3 Å². The number of thiophene rings is 1. The van der Waals surface area contributed by atoms with Gasteiger partial charge in [-0.2, -0.15) is 0 Å². The zero-order valence-electron chi connectivity index (χ0n) is 22.0. The van der Waals surface area contributed by atoms with Crippen LogP contribution < -0.4 is 0 Å². The highest BCUT2D eigenvalue weighted by molar-refractivity contribution is 7.15. The van der Waals surface area contributed by atoms with Crippen LogP contribution in [0, 0.1) is 0 Å². The number of rotatable bonds is 8. The van der Waals surface area contributed by atoms with Gasteiger partial charge in [0.25, 0.3) is 0 Å². The number of hydrogen-bond acceptors (Lipinski definition) is 10. The molecule has 4 rings (SSSR count). The van der Waals surface area contributed by atoms with E-state index in [1.54, 1.807) is 42.1 Å². The minimum atomic E-state index is -1.06. The fourth-order valence-corrected chi connectivity index (χ4v) is 5.80. The molecule has 1 aliphatic heterocycles.